The van der Waals surface area contributed by atoms with Crippen molar-refractivity contribution in [2.75, 3.05) is 0 Å². The molecule has 0 unspecified atom stereocenters. The van der Waals surface area contributed by atoms with Crippen molar-refractivity contribution in [2.45, 2.75) is 44.9 Å². The van der Waals surface area contributed by atoms with Crippen LogP contribution in [0, 0.1) is 6.92 Å². The van der Waals surface area contributed by atoms with E-state index in [-0.39, 0.29) is 10.8 Å². The summed E-state index contributed by atoms with van der Waals surface area (Å²) in [6.07, 6.45) is 1.09. The first-order valence-electron chi connectivity index (χ1n) is 11.6. The van der Waals surface area contributed by atoms with Crippen LogP contribution in [0.1, 0.15) is 60.6 Å². The molecule has 1 aliphatic heterocycles. The first-order valence-corrected chi connectivity index (χ1v) is 11.6. The fourth-order valence-corrected chi connectivity index (χ4v) is 5.84. The molecule has 0 radical (unpaired) electrons. The lowest BCUT2D eigenvalue weighted by Crippen LogP contribution is -2.32. The molecule has 0 amide bonds. The number of para-hydroxylation sites is 2. The highest BCUT2D eigenvalue weighted by molar-refractivity contribution is 5.90. The van der Waals surface area contributed by atoms with Gasteiger partial charge in [0.25, 0.3) is 0 Å². The summed E-state index contributed by atoms with van der Waals surface area (Å²) in [5, 5.41) is 0. The van der Waals surface area contributed by atoms with Gasteiger partial charge in [-0.25, -0.2) is 0 Å². The van der Waals surface area contributed by atoms with Gasteiger partial charge in [-0.15, -0.1) is 0 Å². The minimum Gasteiger partial charge on any atom is -0.457 e. The Labute approximate surface area is 190 Å². The highest BCUT2D eigenvalue weighted by atomic mass is 16.5. The normalized spacial score (nSPS) is 14.9. The van der Waals surface area contributed by atoms with Gasteiger partial charge in [-0.2, -0.15) is 0 Å². The molecule has 0 bridgehead atoms. The Kier molecular flexibility index (Phi) is 3.99. The van der Waals surface area contributed by atoms with Gasteiger partial charge in [0.1, 0.15) is 11.5 Å². The molecule has 32 heavy (non-hydrogen) atoms. The quantitative estimate of drug-likeness (QED) is 0.277. The summed E-state index contributed by atoms with van der Waals surface area (Å²) in [5.41, 5.74) is 10.4. The van der Waals surface area contributed by atoms with E-state index in [0.717, 1.165) is 17.9 Å². The predicted molar refractivity (Wildman–Crippen MR) is 132 cm³/mol. The zero-order valence-electron chi connectivity index (χ0n) is 19.2. The molecule has 0 saturated carbocycles. The molecular formula is C31H28O. The molecule has 0 saturated heterocycles. The fraction of sp³-hybridized carbons (Fsp3) is 0.226. The highest BCUT2D eigenvalue weighted by Gasteiger charge is 2.52. The first kappa shape index (κ1) is 19.4. The zero-order valence-corrected chi connectivity index (χ0v) is 19.2. The molecule has 0 N–H and O–H groups in total. The van der Waals surface area contributed by atoms with E-state index in [1.807, 2.05) is 0 Å². The molecule has 1 heteroatoms. The number of benzene rings is 4. The van der Waals surface area contributed by atoms with Crippen molar-refractivity contribution in [1.82, 2.24) is 0 Å². The molecule has 4 aromatic carbocycles. The van der Waals surface area contributed by atoms with Crippen molar-refractivity contribution < 1.29 is 4.74 Å². The van der Waals surface area contributed by atoms with E-state index in [4.69, 9.17) is 4.74 Å². The average Bonchev–Trinajstić information content (AvgIpc) is 3.09. The zero-order chi connectivity index (χ0) is 22.1. The Bertz CT molecular complexity index is 1330. The van der Waals surface area contributed by atoms with Crippen molar-refractivity contribution in [3.63, 3.8) is 0 Å². The maximum atomic E-state index is 6.44. The summed E-state index contributed by atoms with van der Waals surface area (Å²) >= 11 is 0. The van der Waals surface area contributed by atoms with Crippen LogP contribution in [0.2, 0.25) is 0 Å². The molecule has 1 aliphatic carbocycles. The van der Waals surface area contributed by atoms with Gasteiger partial charge in [-0.3, -0.25) is 0 Å². The van der Waals surface area contributed by atoms with Crippen LogP contribution in [0.15, 0.2) is 84.9 Å². The average molecular weight is 417 g/mol. The molecule has 1 spiro atoms. The van der Waals surface area contributed by atoms with Gasteiger partial charge >= 0.3 is 0 Å². The van der Waals surface area contributed by atoms with E-state index in [1.54, 1.807) is 0 Å². The molecule has 2 aliphatic rings. The van der Waals surface area contributed by atoms with Crippen LogP contribution >= 0.6 is 0 Å². The number of aryl methyl sites for hydroxylation is 1. The second-order valence-corrected chi connectivity index (χ2v) is 9.86. The second kappa shape index (κ2) is 6.59. The minimum absolute atomic E-state index is 0.0823. The molecule has 6 rings (SSSR count). The van der Waals surface area contributed by atoms with Gasteiger partial charge < -0.3 is 4.74 Å². The summed E-state index contributed by atoms with van der Waals surface area (Å²) in [4.78, 5) is 0. The molecule has 0 aromatic heterocycles. The van der Waals surface area contributed by atoms with Crippen LogP contribution in [0.5, 0.6) is 11.5 Å². The smallest absolute Gasteiger partial charge is 0.132 e. The standard InChI is InChI=1S/C31H28O/c1-5-30(3,4)25-18-20(2)19-26-29(25)21-12-6-7-13-22(21)31(26)23-14-8-10-16-27(23)32-28-17-11-9-15-24(28)31/h6-19H,5H2,1-4H3. The molecule has 0 atom stereocenters. The maximum Gasteiger partial charge on any atom is 0.132 e. The summed E-state index contributed by atoms with van der Waals surface area (Å²) in [6, 6.07) is 31.0. The highest BCUT2D eigenvalue weighted by Crippen LogP contribution is 2.63. The summed E-state index contributed by atoms with van der Waals surface area (Å²) in [7, 11) is 0. The monoisotopic (exact) mass is 416 g/mol. The van der Waals surface area contributed by atoms with Gasteiger partial charge in [-0.1, -0.05) is 99.1 Å². The van der Waals surface area contributed by atoms with Crippen LogP contribution in [-0.4, -0.2) is 0 Å². The Morgan fingerprint density at radius 1 is 0.719 bits per heavy atom. The first-order chi connectivity index (χ1) is 15.5. The summed E-state index contributed by atoms with van der Waals surface area (Å²) in [5.74, 6) is 1.90. The largest absolute Gasteiger partial charge is 0.457 e. The van der Waals surface area contributed by atoms with Crippen molar-refractivity contribution in [1.29, 1.82) is 0 Å². The Morgan fingerprint density at radius 3 is 1.91 bits per heavy atom. The van der Waals surface area contributed by atoms with Gasteiger partial charge in [0.2, 0.25) is 0 Å². The molecule has 1 heterocycles. The molecule has 158 valence electrons. The number of fused-ring (bicyclic) bond motifs is 9. The van der Waals surface area contributed by atoms with E-state index in [2.05, 4.69) is 113 Å². The van der Waals surface area contributed by atoms with Crippen molar-refractivity contribution >= 4 is 0 Å². The minimum atomic E-state index is -0.373. The van der Waals surface area contributed by atoms with E-state index < -0.39 is 0 Å². The van der Waals surface area contributed by atoms with Crippen LogP contribution in [0.3, 0.4) is 0 Å². The second-order valence-electron chi connectivity index (χ2n) is 9.86. The number of ether oxygens (including phenoxy) is 1. The Morgan fingerprint density at radius 2 is 1.28 bits per heavy atom. The van der Waals surface area contributed by atoms with E-state index in [9.17, 15) is 0 Å². The fourth-order valence-electron chi connectivity index (χ4n) is 5.84. The third-order valence-electron chi connectivity index (χ3n) is 7.70. The van der Waals surface area contributed by atoms with E-state index in [1.165, 1.54) is 44.5 Å². The number of hydrogen-bond acceptors (Lipinski definition) is 1. The lowest BCUT2D eigenvalue weighted by Gasteiger charge is -2.39. The van der Waals surface area contributed by atoms with Crippen LogP contribution < -0.4 is 4.74 Å². The molecular weight excluding hydrogens is 388 g/mol. The molecule has 0 fully saturated rings. The number of rotatable bonds is 2. The Hall–Kier alpha value is -3.32. The van der Waals surface area contributed by atoms with Crippen molar-refractivity contribution in [3.05, 3.63) is 118 Å². The SMILES string of the molecule is CCC(C)(C)c1cc(C)cc2c1-c1ccccc1C21c2ccccc2Oc2ccccc21. The maximum absolute atomic E-state index is 6.44. The lowest BCUT2D eigenvalue weighted by atomic mass is 9.65. The van der Waals surface area contributed by atoms with Gasteiger partial charge in [0.05, 0.1) is 5.41 Å². The van der Waals surface area contributed by atoms with Gasteiger partial charge in [0, 0.05) is 11.1 Å². The van der Waals surface area contributed by atoms with Gasteiger partial charge in [-0.05, 0) is 58.7 Å². The third kappa shape index (κ3) is 2.34. The van der Waals surface area contributed by atoms with Crippen molar-refractivity contribution in [3.8, 4) is 22.6 Å². The number of hydrogen-bond donors (Lipinski definition) is 0. The van der Waals surface area contributed by atoms with Crippen LogP contribution in [0.25, 0.3) is 11.1 Å². The third-order valence-corrected chi connectivity index (χ3v) is 7.70. The Balaban J connectivity index is 1.85. The molecule has 1 nitrogen and oxygen atoms in total. The van der Waals surface area contributed by atoms with Crippen molar-refractivity contribution in [2.24, 2.45) is 0 Å². The predicted octanol–water partition coefficient (Wildman–Crippen LogP) is 8.15. The van der Waals surface area contributed by atoms with Gasteiger partial charge in [0.15, 0.2) is 0 Å². The summed E-state index contributed by atoms with van der Waals surface area (Å²) in [6.45, 7) is 9.29. The van der Waals surface area contributed by atoms with Crippen LogP contribution in [0.4, 0.5) is 0 Å². The topological polar surface area (TPSA) is 9.23 Å². The van der Waals surface area contributed by atoms with E-state index >= 15 is 0 Å². The van der Waals surface area contributed by atoms with Crippen LogP contribution in [-0.2, 0) is 10.8 Å². The molecule has 4 aromatic rings. The summed E-state index contributed by atoms with van der Waals surface area (Å²) < 4.78 is 6.44. The van der Waals surface area contributed by atoms with E-state index in [0.29, 0.717) is 0 Å². The lowest BCUT2D eigenvalue weighted by molar-refractivity contribution is 0.436.